The lowest BCUT2D eigenvalue weighted by Crippen LogP contribution is -2.11. The van der Waals surface area contributed by atoms with E-state index in [1.54, 1.807) is 18.2 Å². The molecule has 110 valence electrons. The average molecular weight is 292 g/mol. The van der Waals surface area contributed by atoms with Crippen molar-refractivity contribution in [3.05, 3.63) is 59.2 Å². The number of nitrogens with one attached hydrogen (secondary N) is 1. The minimum Gasteiger partial charge on any atom is -0.497 e. The lowest BCUT2D eigenvalue weighted by Gasteiger charge is -2.10. The molecule has 0 unspecified atom stereocenters. The predicted octanol–water partition coefficient (Wildman–Crippen LogP) is 2.84. The zero-order valence-corrected chi connectivity index (χ0v) is 11.3. The van der Waals surface area contributed by atoms with Crippen LogP contribution in [0.1, 0.15) is 11.1 Å². The van der Waals surface area contributed by atoms with Crippen LogP contribution in [-0.2, 0) is 6.61 Å². The van der Waals surface area contributed by atoms with E-state index >= 15 is 0 Å². The zero-order valence-electron chi connectivity index (χ0n) is 11.3. The summed E-state index contributed by atoms with van der Waals surface area (Å²) in [7, 11) is 1.48. The third-order valence-corrected chi connectivity index (χ3v) is 2.75. The fraction of sp³-hybridized carbons (Fsp3) is 0.133. The number of rotatable bonds is 5. The maximum Gasteiger partial charge on any atom is 0.126 e. The first-order valence-electron chi connectivity index (χ1n) is 6.09. The Morgan fingerprint density at radius 1 is 1.05 bits per heavy atom. The van der Waals surface area contributed by atoms with Crippen LogP contribution in [0.2, 0.25) is 0 Å². The molecule has 0 amide bonds. The van der Waals surface area contributed by atoms with Gasteiger partial charge in [-0.15, -0.1) is 0 Å². The Kier molecular flexibility index (Phi) is 4.37. The molecular formula is C15H14F2N2O2. The van der Waals surface area contributed by atoms with E-state index in [0.717, 1.165) is 6.07 Å². The second kappa shape index (κ2) is 6.21. The van der Waals surface area contributed by atoms with Gasteiger partial charge in [-0.3, -0.25) is 5.41 Å². The van der Waals surface area contributed by atoms with Gasteiger partial charge in [-0.1, -0.05) is 0 Å². The summed E-state index contributed by atoms with van der Waals surface area (Å²) in [5.74, 6) is -0.588. The molecule has 0 aliphatic carbocycles. The van der Waals surface area contributed by atoms with E-state index in [1.807, 2.05) is 0 Å². The van der Waals surface area contributed by atoms with Gasteiger partial charge in [-0.25, -0.2) is 8.78 Å². The molecule has 0 atom stereocenters. The van der Waals surface area contributed by atoms with Gasteiger partial charge in [0.1, 0.15) is 35.6 Å². The first-order chi connectivity index (χ1) is 9.97. The predicted molar refractivity (Wildman–Crippen MR) is 74.7 cm³/mol. The van der Waals surface area contributed by atoms with Crippen LogP contribution in [0.4, 0.5) is 8.78 Å². The van der Waals surface area contributed by atoms with E-state index < -0.39 is 11.6 Å². The Morgan fingerprint density at radius 2 is 1.67 bits per heavy atom. The molecule has 0 heterocycles. The van der Waals surface area contributed by atoms with Crippen molar-refractivity contribution in [2.75, 3.05) is 7.11 Å². The summed E-state index contributed by atoms with van der Waals surface area (Å²) >= 11 is 0. The van der Waals surface area contributed by atoms with Crippen LogP contribution in [0, 0.1) is 17.0 Å². The van der Waals surface area contributed by atoms with Crippen molar-refractivity contribution in [3.8, 4) is 11.5 Å². The summed E-state index contributed by atoms with van der Waals surface area (Å²) in [6.07, 6.45) is 0. The summed E-state index contributed by atoms with van der Waals surface area (Å²) in [4.78, 5) is 0. The summed E-state index contributed by atoms with van der Waals surface area (Å²) < 4.78 is 36.7. The molecule has 0 bridgehead atoms. The molecule has 2 aromatic carbocycles. The van der Waals surface area contributed by atoms with Gasteiger partial charge in [-0.2, -0.15) is 0 Å². The fourth-order valence-electron chi connectivity index (χ4n) is 1.79. The van der Waals surface area contributed by atoms with Crippen molar-refractivity contribution < 1.29 is 18.3 Å². The summed E-state index contributed by atoms with van der Waals surface area (Å²) in [6, 6.07) is 7.92. The number of benzene rings is 2. The van der Waals surface area contributed by atoms with Crippen LogP contribution in [0.25, 0.3) is 0 Å². The molecule has 21 heavy (non-hydrogen) atoms. The lowest BCUT2D eigenvalue weighted by atomic mass is 10.2. The van der Waals surface area contributed by atoms with Crippen molar-refractivity contribution >= 4 is 5.84 Å². The molecule has 0 fully saturated rings. The van der Waals surface area contributed by atoms with Gasteiger partial charge in [-0.05, 0) is 29.8 Å². The van der Waals surface area contributed by atoms with Crippen molar-refractivity contribution in [2.45, 2.75) is 6.61 Å². The van der Waals surface area contributed by atoms with Gasteiger partial charge in [0.2, 0.25) is 0 Å². The molecule has 4 nitrogen and oxygen atoms in total. The molecular weight excluding hydrogens is 278 g/mol. The van der Waals surface area contributed by atoms with Crippen LogP contribution in [0.3, 0.4) is 0 Å². The van der Waals surface area contributed by atoms with Crippen LogP contribution in [0.5, 0.6) is 11.5 Å². The van der Waals surface area contributed by atoms with Crippen LogP contribution in [-0.4, -0.2) is 12.9 Å². The maximum atomic E-state index is 13.1. The van der Waals surface area contributed by atoms with E-state index in [-0.39, 0.29) is 12.4 Å². The Bertz CT molecular complexity index is 654. The third-order valence-electron chi connectivity index (χ3n) is 2.75. The Labute approximate surface area is 120 Å². The van der Waals surface area contributed by atoms with E-state index in [1.165, 1.54) is 19.2 Å². The minimum absolute atomic E-state index is 0.0147. The largest absolute Gasteiger partial charge is 0.497 e. The smallest absolute Gasteiger partial charge is 0.126 e. The van der Waals surface area contributed by atoms with Crippen LogP contribution in [0.15, 0.2) is 36.4 Å². The van der Waals surface area contributed by atoms with E-state index in [4.69, 9.17) is 20.6 Å². The quantitative estimate of drug-likeness (QED) is 0.657. The van der Waals surface area contributed by atoms with Crippen molar-refractivity contribution in [1.29, 1.82) is 5.41 Å². The molecule has 0 saturated carbocycles. The molecule has 6 heteroatoms. The Morgan fingerprint density at radius 3 is 2.24 bits per heavy atom. The summed E-state index contributed by atoms with van der Waals surface area (Å²) in [5, 5.41) is 7.42. The lowest BCUT2D eigenvalue weighted by molar-refractivity contribution is 0.302. The van der Waals surface area contributed by atoms with Gasteiger partial charge >= 0.3 is 0 Å². The second-order valence-corrected chi connectivity index (χ2v) is 4.38. The molecule has 0 aliphatic heterocycles. The maximum absolute atomic E-state index is 13.1. The highest BCUT2D eigenvalue weighted by Gasteiger charge is 2.06. The molecule has 0 radical (unpaired) electrons. The third kappa shape index (κ3) is 3.92. The molecule has 0 aliphatic rings. The zero-order chi connectivity index (χ0) is 15.4. The van der Waals surface area contributed by atoms with Gasteiger partial charge in [0, 0.05) is 17.7 Å². The molecule has 0 saturated heterocycles. The van der Waals surface area contributed by atoms with Gasteiger partial charge < -0.3 is 15.2 Å². The molecule has 2 aromatic rings. The number of hydrogen-bond acceptors (Lipinski definition) is 3. The van der Waals surface area contributed by atoms with Crippen molar-refractivity contribution in [1.82, 2.24) is 0 Å². The first kappa shape index (κ1) is 14.8. The minimum atomic E-state index is -0.663. The molecule has 3 N–H and O–H groups in total. The van der Waals surface area contributed by atoms with Gasteiger partial charge in [0.05, 0.1) is 7.11 Å². The number of halogens is 2. The van der Waals surface area contributed by atoms with Gasteiger partial charge in [0.25, 0.3) is 0 Å². The number of nitrogens with two attached hydrogens (primary N) is 1. The number of amidine groups is 1. The second-order valence-electron chi connectivity index (χ2n) is 4.38. The first-order valence-corrected chi connectivity index (χ1v) is 6.09. The Hall–Kier alpha value is -2.63. The normalized spacial score (nSPS) is 10.2. The topological polar surface area (TPSA) is 68.3 Å². The van der Waals surface area contributed by atoms with Crippen LogP contribution >= 0.6 is 0 Å². The standard InChI is InChI=1S/C15H14F2N2O2/c1-20-13-4-10(15(18)19)5-14(7-13)21-8-9-2-11(16)6-12(17)3-9/h2-7H,8H2,1H3,(H3,18,19). The Balaban J connectivity index is 2.19. The highest BCUT2D eigenvalue weighted by molar-refractivity contribution is 5.95. The summed E-state index contributed by atoms with van der Waals surface area (Å²) in [5.41, 5.74) is 6.23. The number of methoxy groups -OCH3 is 1. The highest BCUT2D eigenvalue weighted by atomic mass is 19.1. The molecule has 0 spiro atoms. The number of nitrogen functional groups attached to an aromatic ring is 1. The van der Waals surface area contributed by atoms with E-state index in [0.29, 0.717) is 22.6 Å². The SMILES string of the molecule is COc1cc(OCc2cc(F)cc(F)c2)cc(C(=N)N)c1. The van der Waals surface area contributed by atoms with Gasteiger partial charge in [0.15, 0.2) is 0 Å². The number of hydrogen-bond donors (Lipinski definition) is 2. The van der Waals surface area contributed by atoms with E-state index in [2.05, 4.69) is 0 Å². The average Bonchev–Trinajstić information content (AvgIpc) is 2.43. The fourth-order valence-corrected chi connectivity index (χ4v) is 1.79. The molecule has 2 rings (SSSR count). The van der Waals surface area contributed by atoms with Crippen molar-refractivity contribution in [3.63, 3.8) is 0 Å². The van der Waals surface area contributed by atoms with Crippen molar-refractivity contribution in [2.24, 2.45) is 5.73 Å². The highest BCUT2D eigenvalue weighted by Crippen LogP contribution is 2.23. The number of ether oxygens (including phenoxy) is 2. The van der Waals surface area contributed by atoms with E-state index in [9.17, 15) is 8.78 Å². The summed E-state index contributed by atoms with van der Waals surface area (Å²) in [6.45, 7) is -0.0147. The monoisotopic (exact) mass is 292 g/mol. The molecule has 0 aromatic heterocycles. The van der Waals surface area contributed by atoms with Crippen LogP contribution < -0.4 is 15.2 Å².